The molecule has 0 N–H and O–H groups in total. The predicted molar refractivity (Wildman–Crippen MR) is 107 cm³/mol. The van der Waals surface area contributed by atoms with Crippen LogP contribution in [0.3, 0.4) is 0 Å². The van der Waals surface area contributed by atoms with E-state index >= 15 is 0 Å². The molecule has 2 saturated carbocycles. The van der Waals surface area contributed by atoms with Gasteiger partial charge in [-0.1, -0.05) is 19.0 Å². The van der Waals surface area contributed by atoms with Gasteiger partial charge in [-0.05, 0) is 69.1 Å². The summed E-state index contributed by atoms with van der Waals surface area (Å²) in [5.74, 6) is 3.69. The van der Waals surface area contributed by atoms with Gasteiger partial charge >= 0.3 is 0 Å². The van der Waals surface area contributed by atoms with E-state index in [1.807, 2.05) is 6.07 Å². The van der Waals surface area contributed by atoms with Crippen molar-refractivity contribution in [3.05, 3.63) is 17.5 Å². The fraction of sp³-hybridized carbons (Fsp3) is 0.783. The highest BCUT2D eigenvalue weighted by molar-refractivity contribution is 5.94. The van der Waals surface area contributed by atoms with Gasteiger partial charge in [0.05, 0.1) is 0 Å². The lowest BCUT2D eigenvalue weighted by Crippen LogP contribution is -2.43. The van der Waals surface area contributed by atoms with E-state index in [4.69, 9.17) is 4.52 Å². The number of rotatable bonds is 6. The van der Waals surface area contributed by atoms with Crippen LogP contribution in [0.1, 0.15) is 93.8 Å². The number of ketones is 1. The summed E-state index contributed by atoms with van der Waals surface area (Å²) >= 11 is 0. The zero-order valence-corrected chi connectivity index (χ0v) is 17.4. The number of piperidine rings is 1. The molecule has 1 aromatic rings. The number of Topliss-reactive ketones (excluding diaryl/α,β-unsaturated/α-hetero) is 1. The zero-order chi connectivity index (χ0) is 19.7. The average molecular weight is 387 g/mol. The number of likely N-dealkylation sites (tertiary alicyclic amines) is 1. The Morgan fingerprint density at radius 1 is 1.11 bits per heavy atom. The van der Waals surface area contributed by atoms with Gasteiger partial charge in [0.2, 0.25) is 5.91 Å². The average Bonchev–Trinajstić information content (AvgIpc) is 3.44. The Bertz CT molecular complexity index is 692. The molecular weight excluding hydrogens is 352 g/mol. The molecule has 2 heterocycles. The Morgan fingerprint density at radius 2 is 1.79 bits per heavy atom. The molecule has 5 nitrogen and oxygen atoms in total. The van der Waals surface area contributed by atoms with E-state index in [9.17, 15) is 9.59 Å². The monoisotopic (exact) mass is 386 g/mol. The van der Waals surface area contributed by atoms with Crippen molar-refractivity contribution in [2.75, 3.05) is 13.1 Å². The molecule has 0 spiro atoms. The van der Waals surface area contributed by atoms with Crippen LogP contribution in [0.15, 0.2) is 10.6 Å². The SMILES string of the molecule is CC1CCC(C(=O)N2CCC([C@@H](C)CC(=O)c3cc(C4CC4)on3)CC2)CC1. The molecule has 0 radical (unpaired) electrons. The summed E-state index contributed by atoms with van der Waals surface area (Å²) in [6, 6.07) is 1.85. The van der Waals surface area contributed by atoms with Crippen molar-refractivity contribution >= 4 is 11.7 Å². The maximum atomic E-state index is 12.8. The largest absolute Gasteiger partial charge is 0.360 e. The first-order valence-electron chi connectivity index (χ1n) is 11.3. The van der Waals surface area contributed by atoms with Gasteiger partial charge in [-0.25, -0.2) is 0 Å². The number of hydrogen-bond donors (Lipinski definition) is 0. The van der Waals surface area contributed by atoms with Gasteiger partial charge in [0, 0.05) is 37.4 Å². The highest BCUT2D eigenvalue weighted by atomic mass is 16.5. The maximum Gasteiger partial charge on any atom is 0.225 e. The molecule has 5 heteroatoms. The van der Waals surface area contributed by atoms with Gasteiger partial charge in [0.25, 0.3) is 0 Å². The first kappa shape index (κ1) is 19.7. The van der Waals surface area contributed by atoms with Crippen molar-refractivity contribution < 1.29 is 14.1 Å². The van der Waals surface area contributed by atoms with Crippen LogP contribution in [-0.4, -0.2) is 34.8 Å². The zero-order valence-electron chi connectivity index (χ0n) is 17.4. The van der Waals surface area contributed by atoms with E-state index in [0.717, 1.165) is 63.3 Å². The molecule has 1 aliphatic heterocycles. The minimum atomic E-state index is 0.0954. The lowest BCUT2D eigenvalue weighted by Gasteiger charge is -2.37. The molecule has 0 aromatic carbocycles. The number of carbonyl (C=O) groups excluding carboxylic acids is 2. The van der Waals surface area contributed by atoms with Crippen molar-refractivity contribution in [3.63, 3.8) is 0 Å². The molecule has 1 atom stereocenters. The van der Waals surface area contributed by atoms with Crippen LogP contribution in [0.5, 0.6) is 0 Å². The highest BCUT2D eigenvalue weighted by Gasteiger charge is 2.33. The molecule has 0 bridgehead atoms. The second-order valence-electron chi connectivity index (χ2n) is 9.61. The van der Waals surface area contributed by atoms with Gasteiger partial charge in [0.1, 0.15) is 11.5 Å². The minimum absolute atomic E-state index is 0.0954. The molecule has 3 fully saturated rings. The number of nitrogens with zero attached hydrogens (tertiary/aromatic N) is 2. The molecule has 154 valence electrons. The summed E-state index contributed by atoms with van der Waals surface area (Å²) in [6.07, 6.45) is 9.34. The molecule has 28 heavy (non-hydrogen) atoms. The summed E-state index contributed by atoms with van der Waals surface area (Å²) in [4.78, 5) is 27.5. The Labute approximate surface area is 168 Å². The Kier molecular flexibility index (Phi) is 5.88. The lowest BCUT2D eigenvalue weighted by molar-refractivity contribution is -0.138. The van der Waals surface area contributed by atoms with Crippen LogP contribution in [0.4, 0.5) is 0 Å². The first-order chi connectivity index (χ1) is 13.5. The van der Waals surface area contributed by atoms with Crippen LogP contribution in [0.25, 0.3) is 0 Å². The van der Waals surface area contributed by atoms with Crippen molar-refractivity contribution in [1.82, 2.24) is 10.1 Å². The second-order valence-corrected chi connectivity index (χ2v) is 9.61. The van der Waals surface area contributed by atoms with Gasteiger partial charge < -0.3 is 9.42 Å². The molecule has 0 unspecified atom stereocenters. The van der Waals surface area contributed by atoms with Gasteiger partial charge in [-0.15, -0.1) is 0 Å². The number of amides is 1. The normalized spacial score (nSPS) is 27.6. The van der Waals surface area contributed by atoms with Crippen LogP contribution in [0, 0.1) is 23.7 Å². The van der Waals surface area contributed by atoms with E-state index in [1.54, 1.807) is 0 Å². The molecular formula is C23H34N2O3. The first-order valence-corrected chi connectivity index (χ1v) is 11.3. The van der Waals surface area contributed by atoms with Crippen LogP contribution >= 0.6 is 0 Å². The lowest BCUT2D eigenvalue weighted by atomic mass is 9.80. The van der Waals surface area contributed by atoms with E-state index < -0.39 is 0 Å². The number of hydrogen-bond acceptors (Lipinski definition) is 4. The fourth-order valence-corrected chi connectivity index (χ4v) is 5.00. The molecule has 1 amide bonds. The number of carbonyl (C=O) groups is 2. The summed E-state index contributed by atoms with van der Waals surface area (Å²) in [7, 11) is 0. The van der Waals surface area contributed by atoms with Crippen LogP contribution in [0.2, 0.25) is 0 Å². The summed E-state index contributed by atoms with van der Waals surface area (Å²) in [5, 5.41) is 3.99. The van der Waals surface area contributed by atoms with Crippen LogP contribution in [-0.2, 0) is 4.79 Å². The van der Waals surface area contributed by atoms with E-state index in [0.29, 0.717) is 35.8 Å². The third-order valence-corrected chi connectivity index (χ3v) is 7.32. The Hall–Kier alpha value is -1.65. The number of aromatic nitrogens is 1. The fourth-order valence-electron chi connectivity index (χ4n) is 5.00. The van der Waals surface area contributed by atoms with Crippen molar-refractivity contribution in [1.29, 1.82) is 0 Å². The van der Waals surface area contributed by atoms with E-state index in [1.165, 1.54) is 12.8 Å². The smallest absolute Gasteiger partial charge is 0.225 e. The summed E-state index contributed by atoms with van der Waals surface area (Å²) < 4.78 is 5.33. The standard InChI is InChI=1S/C23H34N2O3/c1-15-3-5-19(6-4-15)23(27)25-11-9-17(10-12-25)16(2)13-21(26)20-14-22(28-24-20)18-7-8-18/h14-19H,3-13H2,1-2H3/t15?,16-,19?/m0/s1. The van der Waals surface area contributed by atoms with Gasteiger partial charge in [-0.3, -0.25) is 9.59 Å². The summed E-state index contributed by atoms with van der Waals surface area (Å²) in [5.41, 5.74) is 0.493. The molecule has 2 aliphatic carbocycles. The Balaban J connectivity index is 1.23. The molecule has 1 aromatic heterocycles. The van der Waals surface area contributed by atoms with E-state index in [2.05, 4.69) is 23.9 Å². The van der Waals surface area contributed by atoms with Crippen molar-refractivity contribution in [2.45, 2.75) is 77.6 Å². The molecule has 3 aliphatic rings. The van der Waals surface area contributed by atoms with Gasteiger partial charge in [-0.2, -0.15) is 0 Å². The minimum Gasteiger partial charge on any atom is -0.360 e. The molecule has 4 rings (SSSR count). The third-order valence-electron chi connectivity index (χ3n) is 7.32. The second kappa shape index (κ2) is 8.38. The summed E-state index contributed by atoms with van der Waals surface area (Å²) in [6.45, 7) is 6.17. The van der Waals surface area contributed by atoms with Crippen molar-refractivity contribution in [2.24, 2.45) is 23.7 Å². The van der Waals surface area contributed by atoms with Gasteiger partial charge in [0.15, 0.2) is 5.78 Å². The maximum absolute atomic E-state index is 12.8. The van der Waals surface area contributed by atoms with E-state index in [-0.39, 0.29) is 11.7 Å². The molecule has 1 saturated heterocycles. The Morgan fingerprint density at radius 3 is 2.43 bits per heavy atom. The van der Waals surface area contributed by atoms with Crippen LogP contribution < -0.4 is 0 Å². The topological polar surface area (TPSA) is 63.4 Å². The predicted octanol–water partition coefficient (Wildman–Crippen LogP) is 4.83. The quantitative estimate of drug-likeness (QED) is 0.657. The van der Waals surface area contributed by atoms with Crippen molar-refractivity contribution in [3.8, 4) is 0 Å². The highest BCUT2D eigenvalue weighted by Crippen LogP contribution is 2.40. The third kappa shape index (κ3) is 4.49.